The highest BCUT2D eigenvalue weighted by atomic mass is 32.1. The summed E-state index contributed by atoms with van der Waals surface area (Å²) < 4.78 is 0. The monoisotopic (exact) mass is 251 g/mol. The van der Waals surface area contributed by atoms with E-state index in [1.807, 2.05) is 5.38 Å². The molecule has 0 bridgehead atoms. The molecule has 1 aromatic heterocycles. The summed E-state index contributed by atoms with van der Waals surface area (Å²) in [6.07, 6.45) is 3.27. The van der Waals surface area contributed by atoms with Gasteiger partial charge in [0.15, 0.2) is 0 Å². The van der Waals surface area contributed by atoms with E-state index in [-0.39, 0.29) is 12.5 Å². The molecule has 0 aromatic carbocycles. The summed E-state index contributed by atoms with van der Waals surface area (Å²) in [4.78, 5) is 12.4. The van der Waals surface area contributed by atoms with Crippen molar-refractivity contribution in [2.75, 3.05) is 13.2 Å². The zero-order chi connectivity index (χ0) is 12.5. The van der Waals surface area contributed by atoms with E-state index in [9.17, 15) is 4.79 Å². The van der Waals surface area contributed by atoms with E-state index in [0.717, 1.165) is 19.3 Å². The Hall–Kier alpha value is -1.31. The fourth-order valence-corrected chi connectivity index (χ4v) is 2.14. The molecule has 0 aliphatic heterocycles. The first kappa shape index (κ1) is 13.8. The number of rotatable bonds is 5. The van der Waals surface area contributed by atoms with Gasteiger partial charge in [-0.15, -0.1) is 11.3 Å². The minimum absolute atomic E-state index is 0.0710. The van der Waals surface area contributed by atoms with Crippen LogP contribution in [-0.4, -0.2) is 24.2 Å². The Morgan fingerprint density at radius 3 is 3.06 bits per heavy atom. The smallest absolute Gasteiger partial charge is 0.262 e. The van der Waals surface area contributed by atoms with E-state index < -0.39 is 0 Å². The molecule has 4 heteroatoms. The third kappa shape index (κ3) is 4.59. The Morgan fingerprint density at radius 2 is 2.35 bits per heavy atom. The van der Waals surface area contributed by atoms with Crippen LogP contribution >= 0.6 is 11.3 Å². The van der Waals surface area contributed by atoms with Crippen LogP contribution in [0.1, 0.15) is 41.4 Å². The normalized spacial score (nSPS) is 9.53. The maximum atomic E-state index is 11.8. The van der Waals surface area contributed by atoms with Gasteiger partial charge in [0.25, 0.3) is 5.91 Å². The van der Waals surface area contributed by atoms with Crippen LogP contribution in [0.4, 0.5) is 0 Å². The maximum absolute atomic E-state index is 11.8. The molecule has 17 heavy (non-hydrogen) atoms. The van der Waals surface area contributed by atoms with Crippen molar-refractivity contribution in [2.24, 2.45) is 0 Å². The molecule has 2 N–H and O–H groups in total. The summed E-state index contributed by atoms with van der Waals surface area (Å²) in [6.45, 7) is 2.65. The number of aliphatic hydroxyl groups excluding tert-OH is 1. The molecule has 0 fully saturated rings. The van der Waals surface area contributed by atoms with Crippen molar-refractivity contribution in [1.29, 1.82) is 0 Å². The number of nitrogens with one attached hydrogen (secondary N) is 1. The molecule has 1 aromatic rings. The van der Waals surface area contributed by atoms with E-state index >= 15 is 0 Å². The molecule has 0 unspecified atom stereocenters. The van der Waals surface area contributed by atoms with Crippen molar-refractivity contribution in [3.63, 3.8) is 0 Å². The third-order valence-corrected chi connectivity index (χ3v) is 3.15. The molecule has 3 nitrogen and oxygen atoms in total. The van der Waals surface area contributed by atoms with Crippen LogP contribution in [-0.2, 0) is 0 Å². The number of unbranched alkanes of at least 4 members (excludes halogenated alkanes) is 2. The van der Waals surface area contributed by atoms with Gasteiger partial charge in [-0.25, -0.2) is 0 Å². The second-order valence-corrected chi connectivity index (χ2v) is 4.50. The number of thiophene rings is 1. The third-order valence-electron chi connectivity index (χ3n) is 2.24. The number of aliphatic hydroxyl groups is 1. The highest BCUT2D eigenvalue weighted by Crippen LogP contribution is 2.15. The fourth-order valence-electron chi connectivity index (χ4n) is 1.38. The molecule has 0 aliphatic rings. The van der Waals surface area contributed by atoms with Gasteiger partial charge in [-0.2, -0.15) is 0 Å². The molecule has 1 rings (SSSR count). The summed E-state index contributed by atoms with van der Waals surface area (Å²) in [6, 6.07) is 1.80. The zero-order valence-corrected chi connectivity index (χ0v) is 10.8. The van der Waals surface area contributed by atoms with Crippen molar-refractivity contribution < 1.29 is 9.90 Å². The highest BCUT2D eigenvalue weighted by molar-refractivity contribution is 7.12. The second-order valence-electron chi connectivity index (χ2n) is 3.59. The van der Waals surface area contributed by atoms with E-state index in [1.54, 1.807) is 6.07 Å². The predicted octanol–water partition coefficient (Wildman–Crippen LogP) is 2.01. The highest BCUT2D eigenvalue weighted by Gasteiger charge is 2.10. The SMILES string of the molecule is CCCCCNC(=O)c1sccc1C#CCO. The lowest BCUT2D eigenvalue weighted by Crippen LogP contribution is -2.24. The van der Waals surface area contributed by atoms with E-state index in [1.165, 1.54) is 11.3 Å². The Bertz CT molecular complexity index is 415. The van der Waals surface area contributed by atoms with Crippen LogP contribution in [0, 0.1) is 11.8 Å². The predicted molar refractivity (Wildman–Crippen MR) is 70.1 cm³/mol. The van der Waals surface area contributed by atoms with Crippen LogP contribution in [0.25, 0.3) is 0 Å². The zero-order valence-electron chi connectivity index (χ0n) is 9.95. The van der Waals surface area contributed by atoms with Crippen LogP contribution in [0.2, 0.25) is 0 Å². The molecule has 1 heterocycles. The lowest BCUT2D eigenvalue weighted by Gasteiger charge is -2.03. The van der Waals surface area contributed by atoms with Gasteiger partial charge in [0, 0.05) is 12.1 Å². The van der Waals surface area contributed by atoms with Crippen molar-refractivity contribution in [2.45, 2.75) is 26.2 Å². The lowest BCUT2D eigenvalue weighted by molar-refractivity contribution is 0.0957. The number of hydrogen-bond donors (Lipinski definition) is 2. The minimum Gasteiger partial charge on any atom is -0.384 e. The molecular weight excluding hydrogens is 234 g/mol. The minimum atomic E-state index is -0.187. The van der Waals surface area contributed by atoms with Gasteiger partial charge in [0.1, 0.15) is 11.5 Å². The standard InChI is InChI=1S/C13H17NO2S/c1-2-3-4-8-14-13(16)12-11(6-5-9-15)7-10-17-12/h7,10,15H,2-4,8-9H2,1H3,(H,14,16). The molecule has 0 radical (unpaired) electrons. The van der Waals surface area contributed by atoms with Gasteiger partial charge in [-0.1, -0.05) is 31.6 Å². The summed E-state index contributed by atoms with van der Waals surface area (Å²) in [5, 5.41) is 13.3. The number of carbonyl (C=O) groups excluding carboxylic acids is 1. The Kier molecular flexibility index (Phi) is 6.38. The van der Waals surface area contributed by atoms with Crippen molar-refractivity contribution in [1.82, 2.24) is 5.32 Å². The quantitative estimate of drug-likeness (QED) is 0.621. The van der Waals surface area contributed by atoms with Crippen molar-refractivity contribution in [3.8, 4) is 11.8 Å². The van der Waals surface area contributed by atoms with Gasteiger partial charge in [-0.3, -0.25) is 4.79 Å². The maximum Gasteiger partial charge on any atom is 0.262 e. The van der Waals surface area contributed by atoms with Crippen LogP contribution < -0.4 is 5.32 Å². The Balaban J connectivity index is 2.54. The molecule has 92 valence electrons. The number of amides is 1. The van der Waals surface area contributed by atoms with Gasteiger partial charge in [0.2, 0.25) is 0 Å². The topological polar surface area (TPSA) is 49.3 Å². The fraction of sp³-hybridized carbons (Fsp3) is 0.462. The first-order chi connectivity index (χ1) is 8.29. The molecule has 0 spiro atoms. The first-order valence-corrected chi connectivity index (χ1v) is 6.63. The Labute approximate surface area is 106 Å². The summed E-state index contributed by atoms with van der Waals surface area (Å²) in [5.74, 6) is 5.26. The summed E-state index contributed by atoms with van der Waals surface area (Å²) >= 11 is 1.38. The molecule has 0 aliphatic carbocycles. The first-order valence-electron chi connectivity index (χ1n) is 5.75. The van der Waals surface area contributed by atoms with Crippen LogP contribution in [0.3, 0.4) is 0 Å². The second kappa shape index (κ2) is 7.88. The molecular formula is C13H17NO2S. The molecule has 0 atom stereocenters. The summed E-state index contributed by atoms with van der Waals surface area (Å²) in [7, 11) is 0. The van der Waals surface area contributed by atoms with E-state index in [2.05, 4.69) is 24.1 Å². The number of carbonyl (C=O) groups is 1. The van der Waals surface area contributed by atoms with Gasteiger partial charge in [-0.05, 0) is 17.9 Å². The molecule has 0 saturated carbocycles. The van der Waals surface area contributed by atoms with Gasteiger partial charge >= 0.3 is 0 Å². The van der Waals surface area contributed by atoms with E-state index in [0.29, 0.717) is 17.0 Å². The van der Waals surface area contributed by atoms with Crippen molar-refractivity contribution >= 4 is 17.2 Å². The van der Waals surface area contributed by atoms with Crippen molar-refractivity contribution in [3.05, 3.63) is 21.9 Å². The molecule has 1 amide bonds. The molecule has 0 saturated heterocycles. The van der Waals surface area contributed by atoms with E-state index in [4.69, 9.17) is 5.11 Å². The lowest BCUT2D eigenvalue weighted by atomic mass is 10.2. The summed E-state index contributed by atoms with van der Waals surface area (Å²) in [5.41, 5.74) is 0.692. The van der Waals surface area contributed by atoms with Crippen LogP contribution in [0.5, 0.6) is 0 Å². The largest absolute Gasteiger partial charge is 0.384 e. The van der Waals surface area contributed by atoms with Gasteiger partial charge in [0.05, 0.1) is 0 Å². The van der Waals surface area contributed by atoms with Crippen LogP contribution in [0.15, 0.2) is 11.4 Å². The Morgan fingerprint density at radius 1 is 1.53 bits per heavy atom. The van der Waals surface area contributed by atoms with Gasteiger partial charge < -0.3 is 10.4 Å². The average Bonchev–Trinajstić information content (AvgIpc) is 2.80. The average molecular weight is 251 g/mol. The number of hydrogen-bond acceptors (Lipinski definition) is 3.